The second kappa shape index (κ2) is 15.3. The van der Waals surface area contributed by atoms with Gasteiger partial charge in [0.25, 0.3) is 11.8 Å². The molecule has 52 heavy (non-hydrogen) atoms. The fourth-order valence-electron chi connectivity index (χ4n) is 6.37. The minimum absolute atomic E-state index is 0.0112. The third kappa shape index (κ3) is 7.62. The minimum Gasteiger partial charge on any atom is -0.493 e. The molecule has 2 aromatic heterocycles. The number of piperidine rings is 1. The van der Waals surface area contributed by atoms with E-state index < -0.39 is 0 Å². The number of amides is 3. The SMILES string of the molecule is Cn1cc(NC(=O)CCCOc2cc3c(cc2CO)C(=O)N2CCCC[C@H]2C=N3)nc1C(=O)Cc1nc2cc(C(=O)Nc3ccccc3)ccc2s1. The molecule has 14 heteroatoms. The molecule has 0 aliphatic carbocycles. The number of aliphatic imine (C=N–C) groups is 1. The van der Waals surface area contributed by atoms with Crippen LogP contribution in [0, 0.1) is 0 Å². The number of imidazole rings is 1. The number of nitrogens with one attached hydrogen (secondary N) is 2. The Morgan fingerprint density at radius 3 is 2.71 bits per heavy atom. The van der Waals surface area contributed by atoms with Crippen LogP contribution in [0.15, 0.2) is 71.9 Å². The maximum Gasteiger partial charge on any atom is 0.256 e. The van der Waals surface area contributed by atoms with E-state index in [1.54, 1.807) is 42.1 Å². The number of para-hydroxylation sites is 1. The Morgan fingerprint density at radius 1 is 1.04 bits per heavy atom. The van der Waals surface area contributed by atoms with Crippen molar-refractivity contribution in [1.29, 1.82) is 0 Å². The van der Waals surface area contributed by atoms with Crippen LogP contribution in [0.4, 0.5) is 17.2 Å². The van der Waals surface area contributed by atoms with E-state index in [0.717, 1.165) is 24.0 Å². The summed E-state index contributed by atoms with van der Waals surface area (Å²) < 4.78 is 8.35. The number of fused-ring (bicyclic) bond motifs is 3. The predicted octanol–water partition coefficient (Wildman–Crippen LogP) is 5.71. The predicted molar refractivity (Wildman–Crippen MR) is 198 cm³/mol. The van der Waals surface area contributed by atoms with E-state index in [-0.39, 0.29) is 67.2 Å². The molecule has 1 atom stereocenters. The number of hydrogen-bond donors (Lipinski definition) is 3. The Balaban J connectivity index is 0.917. The molecule has 0 radical (unpaired) electrons. The molecule has 0 bridgehead atoms. The van der Waals surface area contributed by atoms with Crippen molar-refractivity contribution in [2.75, 3.05) is 23.8 Å². The Hall–Kier alpha value is -5.73. The third-order valence-electron chi connectivity index (χ3n) is 9.01. The van der Waals surface area contributed by atoms with Gasteiger partial charge >= 0.3 is 0 Å². The number of aryl methyl sites for hydroxylation is 1. The van der Waals surface area contributed by atoms with Crippen LogP contribution >= 0.6 is 11.3 Å². The summed E-state index contributed by atoms with van der Waals surface area (Å²) in [6.45, 7) is 0.571. The molecular weight excluding hydrogens is 683 g/mol. The molecule has 266 valence electrons. The second-order valence-corrected chi connectivity index (χ2v) is 13.9. The highest BCUT2D eigenvalue weighted by molar-refractivity contribution is 7.18. The number of benzene rings is 3. The van der Waals surface area contributed by atoms with Gasteiger partial charge in [0, 0.05) is 55.3 Å². The summed E-state index contributed by atoms with van der Waals surface area (Å²) in [5.41, 5.74) is 3.21. The van der Waals surface area contributed by atoms with E-state index >= 15 is 0 Å². The molecule has 1 saturated heterocycles. The van der Waals surface area contributed by atoms with Gasteiger partial charge in [0.2, 0.25) is 11.7 Å². The molecule has 0 spiro atoms. The number of Topliss-reactive ketones (excluding diaryl/α,β-unsaturated/α-hetero) is 1. The lowest BCUT2D eigenvalue weighted by atomic mass is 10.0. The van der Waals surface area contributed by atoms with E-state index in [4.69, 9.17) is 4.74 Å². The molecule has 0 unspecified atom stereocenters. The first-order valence-electron chi connectivity index (χ1n) is 17.1. The van der Waals surface area contributed by atoms with Crippen LogP contribution in [0.3, 0.4) is 0 Å². The van der Waals surface area contributed by atoms with Crippen LogP contribution in [0.25, 0.3) is 10.2 Å². The number of thiazole rings is 1. The molecule has 4 heterocycles. The lowest BCUT2D eigenvalue weighted by Gasteiger charge is -2.32. The zero-order chi connectivity index (χ0) is 36.2. The third-order valence-corrected chi connectivity index (χ3v) is 10.0. The molecular formula is C38H37N7O6S. The van der Waals surface area contributed by atoms with Crippen LogP contribution < -0.4 is 15.4 Å². The molecule has 0 saturated carbocycles. The largest absolute Gasteiger partial charge is 0.493 e. The van der Waals surface area contributed by atoms with Gasteiger partial charge in [-0.2, -0.15) is 0 Å². The number of aromatic nitrogens is 3. The Morgan fingerprint density at radius 2 is 1.88 bits per heavy atom. The van der Waals surface area contributed by atoms with E-state index in [9.17, 15) is 24.3 Å². The van der Waals surface area contributed by atoms with Crippen LogP contribution in [-0.2, 0) is 24.9 Å². The van der Waals surface area contributed by atoms with Crippen molar-refractivity contribution < 1.29 is 29.0 Å². The molecule has 1 fully saturated rings. The van der Waals surface area contributed by atoms with Gasteiger partial charge in [-0.1, -0.05) is 18.2 Å². The highest BCUT2D eigenvalue weighted by atomic mass is 32.1. The maximum absolute atomic E-state index is 13.2. The number of rotatable bonds is 12. The monoisotopic (exact) mass is 719 g/mol. The number of ketones is 1. The summed E-state index contributed by atoms with van der Waals surface area (Å²) in [5, 5.41) is 16.2. The first-order valence-corrected chi connectivity index (χ1v) is 18.0. The number of carbonyl (C=O) groups is 4. The normalized spacial score (nSPS) is 15.2. The summed E-state index contributed by atoms with van der Waals surface area (Å²) in [7, 11) is 1.68. The van der Waals surface area contributed by atoms with E-state index in [1.807, 2.05) is 47.5 Å². The number of anilines is 2. The van der Waals surface area contributed by atoms with E-state index in [1.165, 1.54) is 11.3 Å². The standard InChI is InChI=1S/C38H37N7O6S/c1-44-21-33(43-36(44)30(47)19-35-41-29-17-23(12-13-32(29)52-35)37(49)40-25-8-3-2-4-9-25)42-34(48)11-7-15-51-31-18-28-27(16-24(31)22-46)38(50)45-14-6-5-10-26(45)20-39-28/h2-4,8-9,12-13,16-18,20-21,26,46H,5-7,10-11,14-15,19,22H2,1H3,(H,40,49)(H,42,48)/t26-/m0/s1. The van der Waals surface area contributed by atoms with Gasteiger partial charge in [0.15, 0.2) is 11.6 Å². The Kier molecular flexibility index (Phi) is 10.2. The second-order valence-electron chi connectivity index (χ2n) is 12.7. The van der Waals surface area contributed by atoms with Crippen molar-refractivity contribution in [3.05, 3.63) is 94.4 Å². The average molecular weight is 720 g/mol. The molecule has 3 N–H and O–H groups in total. The summed E-state index contributed by atoms with van der Waals surface area (Å²) in [5.74, 6) is -0.0535. The van der Waals surface area contributed by atoms with Crippen molar-refractivity contribution in [3.8, 4) is 5.75 Å². The molecule has 3 amide bonds. The van der Waals surface area contributed by atoms with E-state index in [0.29, 0.717) is 57.3 Å². The molecule has 13 nitrogen and oxygen atoms in total. The van der Waals surface area contributed by atoms with Crippen molar-refractivity contribution in [2.24, 2.45) is 12.0 Å². The Labute approximate surface area is 303 Å². The van der Waals surface area contributed by atoms with Gasteiger partial charge < -0.3 is 29.9 Å². The van der Waals surface area contributed by atoms with Gasteiger partial charge in [-0.15, -0.1) is 11.3 Å². The molecule has 3 aromatic carbocycles. The average Bonchev–Trinajstić information content (AvgIpc) is 3.69. The first kappa shape index (κ1) is 34.7. The number of aliphatic hydroxyl groups is 1. The first-order chi connectivity index (χ1) is 25.2. The lowest BCUT2D eigenvalue weighted by Crippen LogP contribution is -2.43. The summed E-state index contributed by atoms with van der Waals surface area (Å²) in [4.78, 5) is 67.3. The lowest BCUT2D eigenvalue weighted by molar-refractivity contribution is -0.116. The molecule has 2 aliphatic rings. The van der Waals surface area contributed by atoms with Crippen LogP contribution in [-0.4, -0.2) is 73.5 Å². The van der Waals surface area contributed by atoms with Crippen molar-refractivity contribution in [1.82, 2.24) is 19.4 Å². The summed E-state index contributed by atoms with van der Waals surface area (Å²) in [6, 6.07) is 17.7. The molecule has 5 aromatic rings. The number of nitrogens with zero attached hydrogens (tertiary/aromatic N) is 5. The molecule has 7 rings (SSSR count). The number of carbonyl (C=O) groups excluding carboxylic acids is 4. The van der Waals surface area contributed by atoms with Gasteiger partial charge in [-0.05, 0) is 62.1 Å². The quantitative estimate of drug-likeness (QED) is 0.109. The molecule has 2 aliphatic heterocycles. The van der Waals surface area contributed by atoms with Crippen LogP contribution in [0.2, 0.25) is 0 Å². The van der Waals surface area contributed by atoms with E-state index in [2.05, 4.69) is 25.6 Å². The van der Waals surface area contributed by atoms with Crippen molar-refractivity contribution in [3.63, 3.8) is 0 Å². The van der Waals surface area contributed by atoms with Crippen molar-refractivity contribution in [2.45, 2.75) is 51.2 Å². The summed E-state index contributed by atoms with van der Waals surface area (Å²) >= 11 is 1.37. The van der Waals surface area contributed by atoms with Gasteiger partial charge in [-0.25, -0.2) is 9.97 Å². The topological polar surface area (TPSA) is 168 Å². The smallest absolute Gasteiger partial charge is 0.256 e. The van der Waals surface area contributed by atoms with Gasteiger partial charge in [0.1, 0.15) is 10.8 Å². The van der Waals surface area contributed by atoms with Gasteiger partial charge in [-0.3, -0.25) is 24.2 Å². The van der Waals surface area contributed by atoms with Crippen LogP contribution in [0.1, 0.15) is 74.0 Å². The maximum atomic E-state index is 13.2. The van der Waals surface area contributed by atoms with Gasteiger partial charge in [0.05, 0.1) is 47.1 Å². The number of hydrogen-bond acceptors (Lipinski definition) is 10. The van der Waals surface area contributed by atoms with Crippen molar-refractivity contribution >= 4 is 68.5 Å². The number of ether oxygens (including phenoxy) is 1. The fourth-order valence-corrected chi connectivity index (χ4v) is 7.32. The highest BCUT2D eigenvalue weighted by Gasteiger charge is 2.31. The zero-order valence-electron chi connectivity index (χ0n) is 28.5. The zero-order valence-corrected chi connectivity index (χ0v) is 29.3. The van der Waals surface area contributed by atoms with Crippen LogP contribution in [0.5, 0.6) is 5.75 Å². The fraction of sp³-hybridized carbons (Fsp3) is 0.289. The minimum atomic E-state index is -0.307. The summed E-state index contributed by atoms with van der Waals surface area (Å²) in [6.07, 6.45) is 6.79. The highest BCUT2D eigenvalue weighted by Crippen LogP contribution is 2.34. The Bertz CT molecular complexity index is 2190. The number of aliphatic hydroxyl groups excluding tert-OH is 1.